The quantitative estimate of drug-likeness (QED) is 0.698. The number of hydrogen-bond donors (Lipinski definition) is 1. The topological polar surface area (TPSA) is 49.8 Å². The van der Waals surface area contributed by atoms with Gasteiger partial charge in [-0.3, -0.25) is 9.69 Å². The highest BCUT2D eigenvalue weighted by molar-refractivity contribution is 14.1. The van der Waals surface area contributed by atoms with E-state index >= 15 is 0 Å². The fourth-order valence-electron chi connectivity index (χ4n) is 3.14. The highest BCUT2D eigenvalue weighted by Gasteiger charge is 2.47. The third-order valence-corrected chi connectivity index (χ3v) is 5.70. The van der Waals surface area contributed by atoms with Gasteiger partial charge in [-0.2, -0.15) is 0 Å². The molecular formula is C18H17ClINO3. The molecule has 4 nitrogen and oxygen atoms in total. The Morgan fingerprint density at radius 2 is 1.92 bits per heavy atom. The molecule has 1 aliphatic rings. The second-order valence-corrected chi connectivity index (χ2v) is 7.68. The van der Waals surface area contributed by atoms with Crippen molar-refractivity contribution in [1.82, 2.24) is 4.90 Å². The van der Waals surface area contributed by atoms with Gasteiger partial charge < -0.3 is 9.84 Å². The van der Waals surface area contributed by atoms with Crippen LogP contribution in [0.15, 0.2) is 36.4 Å². The third-order valence-electron chi connectivity index (χ3n) is 4.46. The molecule has 1 N–H and O–H groups in total. The van der Waals surface area contributed by atoms with E-state index < -0.39 is 11.8 Å². The molecule has 1 unspecified atom stereocenters. The molecule has 3 rings (SSSR count). The average Bonchev–Trinajstić information content (AvgIpc) is 2.84. The maximum atomic E-state index is 13.1. The summed E-state index contributed by atoms with van der Waals surface area (Å²) in [6.07, 6.45) is -1.13. The number of hydrogen-bond acceptors (Lipinski definition) is 3. The second kappa shape index (κ2) is 6.20. The number of ether oxygens (including phenoxy) is 1. The number of aliphatic hydroxyl groups is 1. The molecule has 1 amide bonds. The lowest BCUT2D eigenvalue weighted by atomic mass is 9.92. The molecule has 1 aliphatic heterocycles. The molecule has 1 heterocycles. The van der Waals surface area contributed by atoms with E-state index in [1.165, 1.54) is 12.0 Å². The lowest BCUT2D eigenvalue weighted by Gasteiger charge is -2.38. The Bertz CT molecular complexity index is 808. The minimum Gasteiger partial charge on any atom is -0.495 e. The molecule has 24 heavy (non-hydrogen) atoms. The zero-order valence-corrected chi connectivity index (χ0v) is 16.4. The van der Waals surface area contributed by atoms with Crippen LogP contribution < -0.4 is 4.74 Å². The van der Waals surface area contributed by atoms with E-state index in [2.05, 4.69) is 22.6 Å². The predicted octanol–water partition coefficient (Wildman–Crippen LogP) is 4.34. The Morgan fingerprint density at radius 3 is 2.50 bits per heavy atom. The Labute approximate surface area is 159 Å². The van der Waals surface area contributed by atoms with Crippen LogP contribution in [0, 0.1) is 3.57 Å². The van der Waals surface area contributed by atoms with Gasteiger partial charge in [-0.05, 0) is 48.1 Å². The normalized spacial score (nSPS) is 17.2. The minimum absolute atomic E-state index is 0.236. The zero-order valence-electron chi connectivity index (χ0n) is 13.5. The van der Waals surface area contributed by atoms with Gasteiger partial charge in [-0.15, -0.1) is 0 Å². The molecule has 0 saturated heterocycles. The van der Waals surface area contributed by atoms with Crippen LogP contribution in [-0.2, 0) is 5.54 Å². The SMILES string of the molecule is COc1cc(I)c2c(c1Cl)C(O)N(C(C)(C)c1ccccc1)C2=O. The van der Waals surface area contributed by atoms with E-state index in [-0.39, 0.29) is 10.9 Å². The van der Waals surface area contributed by atoms with E-state index in [1.807, 2.05) is 44.2 Å². The molecule has 1 atom stereocenters. The van der Waals surface area contributed by atoms with E-state index in [1.54, 1.807) is 6.07 Å². The van der Waals surface area contributed by atoms with Crippen LogP contribution in [0.25, 0.3) is 0 Å². The molecule has 0 fully saturated rings. The van der Waals surface area contributed by atoms with Crippen molar-refractivity contribution in [3.8, 4) is 5.75 Å². The van der Waals surface area contributed by atoms with Crippen LogP contribution in [0.4, 0.5) is 0 Å². The number of carbonyl (C=O) groups is 1. The largest absolute Gasteiger partial charge is 0.495 e. The van der Waals surface area contributed by atoms with E-state index in [9.17, 15) is 9.90 Å². The van der Waals surface area contributed by atoms with Crippen molar-refractivity contribution in [1.29, 1.82) is 0 Å². The van der Waals surface area contributed by atoms with Crippen LogP contribution >= 0.6 is 34.2 Å². The van der Waals surface area contributed by atoms with Gasteiger partial charge in [0.15, 0.2) is 6.23 Å². The smallest absolute Gasteiger partial charge is 0.258 e. The van der Waals surface area contributed by atoms with Crippen molar-refractivity contribution < 1.29 is 14.6 Å². The van der Waals surface area contributed by atoms with Crippen LogP contribution in [0.5, 0.6) is 5.75 Å². The first-order valence-corrected chi connectivity index (χ1v) is 8.89. The van der Waals surface area contributed by atoms with Crippen molar-refractivity contribution in [2.24, 2.45) is 0 Å². The van der Waals surface area contributed by atoms with Crippen molar-refractivity contribution in [3.05, 3.63) is 61.7 Å². The number of benzene rings is 2. The highest BCUT2D eigenvalue weighted by Crippen LogP contribution is 2.48. The number of nitrogens with zero attached hydrogens (tertiary/aromatic N) is 1. The summed E-state index contributed by atoms with van der Waals surface area (Å²) in [5.41, 5.74) is 1.09. The number of aliphatic hydroxyl groups excluding tert-OH is 1. The molecule has 2 aromatic carbocycles. The van der Waals surface area contributed by atoms with E-state index in [0.717, 1.165) is 5.56 Å². The van der Waals surface area contributed by atoms with E-state index in [4.69, 9.17) is 16.3 Å². The molecular weight excluding hydrogens is 441 g/mol. The molecule has 0 spiro atoms. The summed E-state index contributed by atoms with van der Waals surface area (Å²) in [6, 6.07) is 11.3. The predicted molar refractivity (Wildman–Crippen MR) is 101 cm³/mol. The third kappa shape index (κ3) is 2.50. The molecule has 0 bridgehead atoms. The number of carbonyl (C=O) groups excluding carboxylic acids is 1. The van der Waals surface area contributed by atoms with Crippen LogP contribution in [0.2, 0.25) is 5.02 Å². The fraction of sp³-hybridized carbons (Fsp3) is 0.278. The van der Waals surface area contributed by atoms with Gasteiger partial charge in [0.1, 0.15) is 5.75 Å². The summed E-state index contributed by atoms with van der Waals surface area (Å²) >= 11 is 8.45. The lowest BCUT2D eigenvalue weighted by molar-refractivity contribution is -0.0305. The van der Waals surface area contributed by atoms with Gasteiger partial charge in [0.05, 0.1) is 23.2 Å². The maximum absolute atomic E-state index is 13.1. The second-order valence-electron chi connectivity index (χ2n) is 6.14. The van der Waals surface area contributed by atoms with Gasteiger partial charge in [0.2, 0.25) is 0 Å². The van der Waals surface area contributed by atoms with Crippen molar-refractivity contribution in [3.63, 3.8) is 0 Å². The lowest BCUT2D eigenvalue weighted by Crippen LogP contribution is -2.44. The first-order valence-electron chi connectivity index (χ1n) is 7.43. The number of fused-ring (bicyclic) bond motifs is 1. The first kappa shape index (κ1) is 17.5. The Kier molecular flexibility index (Phi) is 4.53. The van der Waals surface area contributed by atoms with Gasteiger partial charge in [-0.25, -0.2) is 0 Å². The van der Waals surface area contributed by atoms with E-state index in [0.29, 0.717) is 20.4 Å². The fourth-order valence-corrected chi connectivity index (χ4v) is 4.26. The standard InChI is InChI=1S/C18H17ClINO3/c1-18(2,10-7-5-4-6-8-10)21-16(22)13-11(20)9-12(24-3)15(19)14(13)17(21)23/h4-9,17,23H,1-3H3. The molecule has 0 radical (unpaired) electrons. The van der Waals surface area contributed by atoms with Crippen LogP contribution in [0.1, 0.15) is 41.6 Å². The summed E-state index contributed by atoms with van der Waals surface area (Å²) in [4.78, 5) is 14.5. The Morgan fingerprint density at radius 1 is 1.29 bits per heavy atom. The van der Waals surface area contributed by atoms with Crippen LogP contribution in [-0.4, -0.2) is 23.0 Å². The van der Waals surface area contributed by atoms with Crippen LogP contribution in [0.3, 0.4) is 0 Å². The number of halogens is 2. The summed E-state index contributed by atoms with van der Waals surface area (Å²) in [7, 11) is 1.51. The Hall–Kier alpha value is -1.31. The summed E-state index contributed by atoms with van der Waals surface area (Å²) in [6.45, 7) is 3.82. The van der Waals surface area contributed by atoms with Gasteiger partial charge in [0, 0.05) is 9.13 Å². The average molecular weight is 458 g/mol. The zero-order chi connectivity index (χ0) is 17.6. The number of methoxy groups -OCH3 is 1. The molecule has 0 aliphatic carbocycles. The van der Waals surface area contributed by atoms with Crippen molar-refractivity contribution in [2.75, 3.05) is 7.11 Å². The molecule has 6 heteroatoms. The molecule has 0 saturated carbocycles. The monoisotopic (exact) mass is 457 g/mol. The molecule has 126 valence electrons. The first-order chi connectivity index (χ1) is 11.3. The van der Waals surface area contributed by atoms with Gasteiger partial charge >= 0.3 is 0 Å². The maximum Gasteiger partial charge on any atom is 0.258 e. The summed E-state index contributed by atoms with van der Waals surface area (Å²) in [5, 5.41) is 11.2. The van der Waals surface area contributed by atoms with Gasteiger partial charge in [0.25, 0.3) is 5.91 Å². The number of amides is 1. The molecule has 2 aromatic rings. The highest BCUT2D eigenvalue weighted by atomic mass is 127. The summed E-state index contributed by atoms with van der Waals surface area (Å²) < 4.78 is 5.97. The number of rotatable bonds is 3. The summed E-state index contributed by atoms with van der Waals surface area (Å²) in [5.74, 6) is 0.214. The Balaban J connectivity index is 2.16. The molecule has 0 aromatic heterocycles. The van der Waals surface area contributed by atoms with Gasteiger partial charge in [-0.1, -0.05) is 41.9 Å². The van der Waals surface area contributed by atoms with Crippen molar-refractivity contribution in [2.45, 2.75) is 25.6 Å². The van der Waals surface area contributed by atoms with Crippen molar-refractivity contribution >= 4 is 40.1 Å². The minimum atomic E-state index is -1.13.